The molecule has 1 atom stereocenters. The number of aromatic nitrogens is 5. The number of amides is 1. The van der Waals surface area contributed by atoms with Gasteiger partial charge in [0.2, 0.25) is 5.91 Å². The molecule has 0 radical (unpaired) electrons. The summed E-state index contributed by atoms with van der Waals surface area (Å²) < 4.78 is 46.2. The molecule has 6 heterocycles. The molecule has 1 amide bonds. The zero-order chi connectivity index (χ0) is 32.1. The number of thiophene rings is 1. The van der Waals surface area contributed by atoms with Gasteiger partial charge in [0.1, 0.15) is 41.0 Å². The van der Waals surface area contributed by atoms with E-state index in [4.69, 9.17) is 24.5 Å². The van der Waals surface area contributed by atoms with Gasteiger partial charge >= 0.3 is 0 Å². The number of methoxy groups -OCH3 is 1. The van der Waals surface area contributed by atoms with E-state index in [1.54, 1.807) is 11.1 Å². The number of halogens is 2. The molecule has 0 spiro atoms. The average Bonchev–Trinajstić information content (AvgIpc) is 3.79. The van der Waals surface area contributed by atoms with Crippen molar-refractivity contribution in [3.8, 4) is 39.5 Å². The minimum Gasteiger partial charge on any atom is -0.490 e. The second-order valence-corrected chi connectivity index (χ2v) is 12.0. The third-order valence-electron chi connectivity index (χ3n) is 8.36. The molecule has 9 nitrogen and oxygen atoms in total. The normalized spacial score (nSPS) is 14.6. The van der Waals surface area contributed by atoms with Crippen molar-refractivity contribution >= 4 is 38.4 Å². The Kier molecular flexibility index (Phi) is 7.61. The highest BCUT2D eigenvalue weighted by Crippen LogP contribution is 2.47. The molecular formula is C34H30F2N6O3S. The van der Waals surface area contributed by atoms with Gasteiger partial charge in [0.25, 0.3) is 0 Å². The van der Waals surface area contributed by atoms with Crippen LogP contribution in [0.3, 0.4) is 0 Å². The van der Waals surface area contributed by atoms with Gasteiger partial charge in [0.15, 0.2) is 0 Å². The SMILES string of the molecule is C=CC(=O)N1CCn2nc(-c3nc(-c4cnc5c(ccn5C)c4)c4ccsc4c3-c3c(F)cc(F)cc3OCCOC)cc2[C@H]1C. The average molecular weight is 641 g/mol. The van der Waals surface area contributed by atoms with Crippen molar-refractivity contribution in [1.29, 1.82) is 0 Å². The molecule has 1 aromatic carbocycles. The molecular weight excluding hydrogens is 610 g/mol. The van der Waals surface area contributed by atoms with Gasteiger partial charge in [0.05, 0.1) is 36.1 Å². The standard InChI is InChI=1S/C34H30F2N6O3S/c1-5-28(43)41-9-10-42-26(19(41)2)17-25(39-42)32-30(29-24(36)15-22(35)16-27(29)45-12-11-44-4)33-23(7-13-46-33)31(38-32)21-14-20-6-8-40(3)34(20)37-18-21/h5-8,13-19H,1,9-12H2,2-4H3/t19-/m1/s1. The van der Waals surface area contributed by atoms with Gasteiger partial charge in [-0.2, -0.15) is 5.10 Å². The van der Waals surface area contributed by atoms with E-state index in [0.717, 1.165) is 38.4 Å². The minimum absolute atomic E-state index is 0.0347. The monoisotopic (exact) mass is 640 g/mol. The molecule has 0 aliphatic carbocycles. The largest absolute Gasteiger partial charge is 0.490 e. The van der Waals surface area contributed by atoms with E-state index in [1.165, 1.54) is 30.6 Å². The van der Waals surface area contributed by atoms with E-state index in [-0.39, 0.29) is 36.5 Å². The van der Waals surface area contributed by atoms with Crippen LogP contribution >= 0.6 is 11.3 Å². The molecule has 6 aromatic rings. The van der Waals surface area contributed by atoms with Gasteiger partial charge in [0, 0.05) is 71.8 Å². The third kappa shape index (κ3) is 4.94. The van der Waals surface area contributed by atoms with Crippen LogP contribution in [0.1, 0.15) is 18.7 Å². The Morgan fingerprint density at radius 3 is 2.78 bits per heavy atom. The predicted molar refractivity (Wildman–Crippen MR) is 174 cm³/mol. The summed E-state index contributed by atoms with van der Waals surface area (Å²) >= 11 is 1.42. The number of nitrogens with zero attached hydrogens (tertiary/aromatic N) is 6. The van der Waals surface area contributed by atoms with Crippen molar-refractivity contribution in [2.24, 2.45) is 7.05 Å². The molecule has 0 bridgehead atoms. The van der Waals surface area contributed by atoms with Crippen LogP contribution < -0.4 is 4.74 Å². The number of carbonyl (C=O) groups is 1. The van der Waals surface area contributed by atoms with Crippen molar-refractivity contribution in [3.63, 3.8) is 0 Å². The highest BCUT2D eigenvalue weighted by Gasteiger charge is 2.31. The summed E-state index contributed by atoms with van der Waals surface area (Å²) in [7, 11) is 3.46. The summed E-state index contributed by atoms with van der Waals surface area (Å²) in [6.07, 6.45) is 5.03. The molecule has 0 saturated heterocycles. The highest BCUT2D eigenvalue weighted by atomic mass is 32.1. The molecule has 5 aromatic heterocycles. The Morgan fingerprint density at radius 1 is 1.13 bits per heavy atom. The van der Waals surface area contributed by atoms with Gasteiger partial charge in [-0.1, -0.05) is 6.58 Å². The van der Waals surface area contributed by atoms with Crippen LogP contribution in [0.4, 0.5) is 8.78 Å². The maximum absolute atomic E-state index is 16.0. The van der Waals surface area contributed by atoms with E-state index in [9.17, 15) is 9.18 Å². The van der Waals surface area contributed by atoms with E-state index in [0.29, 0.717) is 35.7 Å². The lowest BCUT2D eigenvalue weighted by atomic mass is 9.96. The smallest absolute Gasteiger partial charge is 0.246 e. The summed E-state index contributed by atoms with van der Waals surface area (Å²) in [5.41, 5.74) is 4.49. The molecule has 0 fully saturated rings. The van der Waals surface area contributed by atoms with Crippen LogP contribution in [0, 0.1) is 11.6 Å². The minimum atomic E-state index is -0.787. The molecule has 1 aliphatic heterocycles. The lowest BCUT2D eigenvalue weighted by Crippen LogP contribution is -2.40. The van der Waals surface area contributed by atoms with Crippen LogP contribution in [-0.2, 0) is 23.1 Å². The fraction of sp³-hybridized carbons (Fsp3) is 0.235. The van der Waals surface area contributed by atoms with Crippen LogP contribution in [0.5, 0.6) is 5.75 Å². The predicted octanol–water partition coefficient (Wildman–Crippen LogP) is 6.77. The molecule has 7 rings (SSSR count). The first kappa shape index (κ1) is 29.8. The number of fused-ring (bicyclic) bond motifs is 3. The van der Waals surface area contributed by atoms with E-state index >= 15 is 4.39 Å². The van der Waals surface area contributed by atoms with E-state index in [2.05, 4.69) is 6.58 Å². The summed E-state index contributed by atoms with van der Waals surface area (Å²) in [5, 5.41) is 8.58. The number of carbonyl (C=O) groups excluding carboxylic acids is 1. The van der Waals surface area contributed by atoms with E-state index < -0.39 is 11.6 Å². The lowest BCUT2D eigenvalue weighted by molar-refractivity contribution is -0.129. The summed E-state index contributed by atoms with van der Waals surface area (Å²) in [6, 6.07) is 9.59. The third-order valence-corrected chi connectivity index (χ3v) is 9.29. The topological polar surface area (TPSA) is 87.3 Å². The zero-order valence-electron chi connectivity index (χ0n) is 25.5. The first-order valence-electron chi connectivity index (χ1n) is 14.7. The zero-order valence-corrected chi connectivity index (χ0v) is 26.3. The number of hydrogen-bond donors (Lipinski definition) is 0. The maximum atomic E-state index is 16.0. The number of rotatable bonds is 8. The number of benzene rings is 1. The Morgan fingerprint density at radius 2 is 1.98 bits per heavy atom. The van der Waals surface area contributed by atoms with Crippen molar-refractivity contribution in [2.45, 2.75) is 19.5 Å². The number of aryl methyl sites for hydroxylation is 1. The Bertz CT molecular complexity index is 2150. The molecule has 0 N–H and O–H groups in total. The summed E-state index contributed by atoms with van der Waals surface area (Å²) in [4.78, 5) is 24.2. The second-order valence-electron chi connectivity index (χ2n) is 11.1. The number of hydrogen-bond acceptors (Lipinski definition) is 7. The van der Waals surface area contributed by atoms with Gasteiger partial charge in [-0.25, -0.2) is 18.7 Å². The first-order chi connectivity index (χ1) is 22.3. The first-order valence-corrected chi connectivity index (χ1v) is 15.6. The number of pyridine rings is 2. The highest BCUT2D eigenvalue weighted by molar-refractivity contribution is 7.18. The Hall–Kier alpha value is -4.94. The molecule has 46 heavy (non-hydrogen) atoms. The molecule has 234 valence electrons. The van der Waals surface area contributed by atoms with E-state index in [1.807, 2.05) is 59.1 Å². The molecule has 0 saturated carbocycles. The van der Waals surface area contributed by atoms with Crippen LogP contribution in [0.25, 0.3) is 54.9 Å². The second kappa shape index (κ2) is 11.8. The van der Waals surface area contributed by atoms with Crippen molar-refractivity contribution in [3.05, 3.63) is 84.2 Å². The van der Waals surface area contributed by atoms with Crippen molar-refractivity contribution in [1.82, 2.24) is 29.2 Å². The van der Waals surface area contributed by atoms with Gasteiger partial charge < -0.3 is 18.9 Å². The van der Waals surface area contributed by atoms with Gasteiger partial charge in [-0.15, -0.1) is 11.3 Å². The Labute approximate surface area is 267 Å². The molecule has 12 heteroatoms. The van der Waals surface area contributed by atoms with Gasteiger partial charge in [-0.05, 0) is 42.6 Å². The van der Waals surface area contributed by atoms with Gasteiger partial charge in [-0.3, -0.25) is 9.48 Å². The van der Waals surface area contributed by atoms with Crippen molar-refractivity contribution < 1.29 is 23.0 Å². The lowest BCUT2D eigenvalue weighted by Gasteiger charge is -2.33. The van der Waals surface area contributed by atoms with Crippen molar-refractivity contribution in [2.75, 3.05) is 26.9 Å². The molecule has 1 aliphatic rings. The number of ether oxygens (including phenoxy) is 2. The fourth-order valence-corrected chi connectivity index (χ4v) is 7.07. The van der Waals surface area contributed by atoms with Crippen LogP contribution in [-0.4, -0.2) is 62.0 Å². The fourth-order valence-electron chi connectivity index (χ4n) is 6.12. The summed E-state index contributed by atoms with van der Waals surface area (Å²) in [5.74, 6) is -1.68. The van der Waals surface area contributed by atoms with Crippen LogP contribution in [0.2, 0.25) is 0 Å². The quantitative estimate of drug-likeness (QED) is 0.135. The Balaban J connectivity index is 1.50. The molecule has 0 unspecified atom stereocenters. The maximum Gasteiger partial charge on any atom is 0.246 e. The summed E-state index contributed by atoms with van der Waals surface area (Å²) in [6.45, 7) is 6.83. The van der Waals surface area contributed by atoms with Crippen LogP contribution in [0.15, 0.2) is 66.8 Å².